The lowest BCUT2D eigenvalue weighted by Gasteiger charge is -2.07. The fourth-order valence-corrected chi connectivity index (χ4v) is 1.87. The van der Waals surface area contributed by atoms with Gasteiger partial charge in [-0.25, -0.2) is 0 Å². The first-order chi connectivity index (χ1) is 4.61. The third kappa shape index (κ3) is 0.746. The van der Waals surface area contributed by atoms with Gasteiger partial charge >= 0.3 is 6.18 Å². The average Bonchev–Trinajstić information content (AvgIpc) is 2.30. The molecule has 1 aliphatic heterocycles. The van der Waals surface area contributed by atoms with Crippen molar-refractivity contribution in [3.05, 3.63) is 0 Å². The van der Waals surface area contributed by atoms with Crippen molar-refractivity contribution in [2.75, 3.05) is 6.54 Å². The van der Waals surface area contributed by atoms with Crippen molar-refractivity contribution in [3.63, 3.8) is 0 Å². The highest BCUT2D eigenvalue weighted by molar-refractivity contribution is 5.10. The minimum absolute atomic E-state index is 0.0972. The summed E-state index contributed by atoms with van der Waals surface area (Å²) in [4.78, 5) is 0. The van der Waals surface area contributed by atoms with Crippen LogP contribution in [0.2, 0.25) is 0 Å². The predicted molar refractivity (Wildman–Crippen MR) is 29.4 cm³/mol. The highest BCUT2D eigenvalue weighted by Crippen LogP contribution is 2.54. The van der Waals surface area contributed by atoms with Gasteiger partial charge in [0, 0.05) is 6.04 Å². The zero-order valence-corrected chi connectivity index (χ0v) is 5.28. The van der Waals surface area contributed by atoms with E-state index in [1.807, 2.05) is 0 Å². The normalized spacial score (nSPS) is 45.3. The third-order valence-electron chi connectivity index (χ3n) is 2.40. The Morgan fingerprint density at radius 1 is 1.30 bits per heavy atom. The Morgan fingerprint density at radius 2 is 2.00 bits per heavy atom. The first-order valence-corrected chi connectivity index (χ1v) is 3.41. The summed E-state index contributed by atoms with van der Waals surface area (Å²) in [5, 5.41) is 2.83. The predicted octanol–water partition coefficient (Wildman–Crippen LogP) is 1.16. The van der Waals surface area contributed by atoms with Gasteiger partial charge in [0.25, 0.3) is 0 Å². The standard InChI is InChI=1S/C6H8F3N/c7-6(8,9)4-3-1-2-10-5(3)4/h3-5,10H,1-2H2/t3-,4+,5-/m0/s1. The Kier molecular flexibility index (Phi) is 1.08. The summed E-state index contributed by atoms with van der Waals surface area (Å²) in [5.41, 5.74) is 0. The van der Waals surface area contributed by atoms with Gasteiger partial charge in [0.05, 0.1) is 5.92 Å². The van der Waals surface area contributed by atoms with Crippen LogP contribution in [0.4, 0.5) is 13.2 Å². The van der Waals surface area contributed by atoms with Crippen LogP contribution in [0.5, 0.6) is 0 Å². The van der Waals surface area contributed by atoms with Gasteiger partial charge < -0.3 is 5.32 Å². The molecule has 10 heavy (non-hydrogen) atoms. The van der Waals surface area contributed by atoms with E-state index in [2.05, 4.69) is 5.32 Å². The molecule has 0 spiro atoms. The van der Waals surface area contributed by atoms with Crippen LogP contribution in [-0.4, -0.2) is 18.8 Å². The van der Waals surface area contributed by atoms with E-state index in [0.717, 1.165) is 6.54 Å². The zero-order chi connectivity index (χ0) is 7.35. The number of rotatable bonds is 0. The summed E-state index contributed by atoms with van der Waals surface area (Å²) < 4.78 is 35.8. The van der Waals surface area contributed by atoms with E-state index < -0.39 is 12.1 Å². The molecule has 1 aliphatic carbocycles. The molecule has 1 N–H and O–H groups in total. The molecular weight excluding hydrogens is 143 g/mol. The first kappa shape index (κ1) is 6.46. The Hall–Kier alpha value is -0.250. The van der Waals surface area contributed by atoms with Crippen molar-refractivity contribution >= 4 is 0 Å². The van der Waals surface area contributed by atoms with Crippen LogP contribution in [0.1, 0.15) is 6.42 Å². The van der Waals surface area contributed by atoms with Gasteiger partial charge in [0.1, 0.15) is 0 Å². The van der Waals surface area contributed by atoms with E-state index in [-0.39, 0.29) is 12.0 Å². The average molecular weight is 151 g/mol. The maximum Gasteiger partial charge on any atom is 0.393 e. The molecule has 0 unspecified atom stereocenters. The van der Waals surface area contributed by atoms with Crippen molar-refractivity contribution < 1.29 is 13.2 Å². The monoisotopic (exact) mass is 151 g/mol. The van der Waals surface area contributed by atoms with Gasteiger partial charge in [-0.1, -0.05) is 0 Å². The molecule has 0 radical (unpaired) electrons. The molecule has 0 amide bonds. The van der Waals surface area contributed by atoms with Crippen molar-refractivity contribution in [1.82, 2.24) is 5.32 Å². The zero-order valence-electron chi connectivity index (χ0n) is 5.28. The molecular formula is C6H8F3N. The summed E-state index contributed by atoms with van der Waals surface area (Å²) in [6.07, 6.45) is -3.25. The van der Waals surface area contributed by atoms with Crippen LogP contribution in [0, 0.1) is 11.8 Å². The molecule has 1 saturated heterocycles. The quantitative estimate of drug-likeness (QED) is 0.547. The molecule has 2 rings (SSSR count). The summed E-state index contributed by atoms with van der Waals surface area (Å²) in [5.74, 6) is -1.12. The van der Waals surface area contributed by atoms with E-state index in [0.29, 0.717) is 6.42 Å². The largest absolute Gasteiger partial charge is 0.393 e. The lowest BCUT2D eigenvalue weighted by molar-refractivity contribution is -0.153. The van der Waals surface area contributed by atoms with Crippen LogP contribution in [-0.2, 0) is 0 Å². The lowest BCUT2D eigenvalue weighted by Crippen LogP contribution is -2.24. The number of hydrogen-bond donors (Lipinski definition) is 1. The van der Waals surface area contributed by atoms with Crippen LogP contribution in [0.15, 0.2) is 0 Å². The molecule has 3 atom stereocenters. The minimum atomic E-state index is -3.96. The van der Waals surface area contributed by atoms with Gasteiger partial charge in [-0.05, 0) is 18.9 Å². The second-order valence-corrected chi connectivity index (χ2v) is 3.00. The second-order valence-electron chi connectivity index (χ2n) is 3.00. The molecule has 1 saturated carbocycles. The second kappa shape index (κ2) is 1.67. The van der Waals surface area contributed by atoms with E-state index in [1.165, 1.54) is 0 Å². The van der Waals surface area contributed by atoms with Crippen LogP contribution >= 0.6 is 0 Å². The Labute approximate surface area is 56.6 Å². The molecule has 58 valence electrons. The first-order valence-electron chi connectivity index (χ1n) is 3.41. The fraction of sp³-hybridized carbons (Fsp3) is 1.00. The minimum Gasteiger partial charge on any atom is -0.313 e. The molecule has 1 nitrogen and oxygen atoms in total. The van der Waals surface area contributed by atoms with Gasteiger partial charge in [-0.3, -0.25) is 0 Å². The number of fused-ring (bicyclic) bond motifs is 1. The molecule has 0 aromatic heterocycles. The van der Waals surface area contributed by atoms with Crippen LogP contribution < -0.4 is 5.32 Å². The van der Waals surface area contributed by atoms with Crippen molar-refractivity contribution in [2.45, 2.75) is 18.6 Å². The third-order valence-corrected chi connectivity index (χ3v) is 2.40. The maximum absolute atomic E-state index is 11.9. The van der Waals surface area contributed by atoms with Gasteiger partial charge in [0.2, 0.25) is 0 Å². The highest BCUT2D eigenvalue weighted by atomic mass is 19.4. The number of nitrogens with one attached hydrogen (secondary N) is 1. The smallest absolute Gasteiger partial charge is 0.313 e. The number of alkyl halides is 3. The Morgan fingerprint density at radius 3 is 2.30 bits per heavy atom. The molecule has 1 heterocycles. The Balaban J connectivity index is 2.01. The summed E-state index contributed by atoms with van der Waals surface area (Å²) in [6, 6.07) is -0.236. The van der Waals surface area contributed by atoms with E-state index in [1.54, 1.807) is 0 Å². The number of hydrogen-bond acceptors (Lipinski definition) is 1. The van der Waals surface area contributed by atoms with Crippen molar-refractivity contribution in [1.29, 1.82) is 0 Å². The van der Waals surface area contributed by atoms with Crippen LogP contribution in [0.3, 0.4) is 0 Å². The summed E-state index contributed by atoms with van der Waals surface area (Å²) in [7, 11) is 0. The van der Waals surface area contributed by atoms with E-state index >= 15 is 0 Å². The summed E-state index contributed by atoms with van der Waals surface area (Å²) >= 11 is 0. The molecule has 4 heteroatoms. The molecule has 2 aliphatic rings. The van der Waals surface area contributed by atoms with Gasteiger partial charge in [-0.2, -0.15) is 13.2 Å². The highest BCUT2D eigenvalue weighted by Gasteiger charge is 2.65. The number of halogens is 3. The lowest BCUT2D eigenvalue weighted by atomic mass is 10.2. The van der Waals surface area contributed by atoms with Gasteiger partial charge in [0.15, 0.2) is 0 Å². The van der Waals surface area contributed by atoms with E-state index in [4.69, 9.17) is 0 Å². The molecule has 0 aromatic carbocycles. The summed E-state index contributed by atoms with van der Waals surface area (Å²) in [6.45, 7) is 0.766. The SMILES string of the molecule is FC(F)(F)[C@@H]1[C@@H]2CCN[C@@H]21. The maximum atomic E-state index is 11.9. The number of piperidine rings is 1. The van der Waals surface area contributed by atoms with Crippen molar-refractivity contribution in [2.24, 2.45) is 11.8 Å². The van der Waals surface area contributed by atoms with Gasteiger partial charge in [-0.15, -0.1) is 0 Å². The van der Waals surface area contributed by atoms with Crippen LogP contribution in [0.25, 0.3) is 0 Å². The van der Waals surface area contributed by atoms with Crippen molar-refractivity contribution in [3.8, 4) is 0 Å². The molecule has 0 bridgehead atoms. The van der Waals surface area contributed by atoms with E-state index in [9.17, 15) is 13.2 Å². The molecule has 2 fully saturated rings. The molecule has 0 aromatic rings. The fourth-order valence-electron chi connectivity index (χ4n) is 1.87. The topological polar surface area (TPSA) is 12.0 Å². The Bertz CT molecular complexity index is 144.